The molecule has 1 aliphatic carbocycles. The predicted molar refractivity (Wildman–Crippen MR) is 144 cm³/mol. The number of hydrogen-bond acceptors (Lipinski definition) is 8. The van der Waals surface area contributed by atoms with Gasteiger partial charge in [0, 0.05) is 27.2 Å². The second-order valence-electron chi connectivity index (χ2n) is 8.90. The molecular weight excluding hydrogens is 501 g/mol. The van der Waals surface area contributed by atoms with Crippen molar-refractivity contribution in [2.75, 3.05) is 17.7 Å². The molecule has 4 rings (SSSR count). The van der Waals surface area contributed by atoms with E-state index in [1.807, 2.05) is 25.2 Å². The van der Waals surface area contributed by atoms with Crippen LogP contribution in [0.4, 0.5) is 5.00 Å². The summed E-state index contributed by atoms with van der Waals surface area (Å²) < 4.78 is 7.33. The number of carbonyl (C=O) groups is 2. The van der Waals surface area contributed by atoms with Crippen LogP contribution >= 0.6 is 34.4 Å². The smallest absolute Gasteiger partial charge is 0.341 e. The number of aryl methyl sites for hydroxylation is 1. The molecule has 10 heteroatoms. The lowest BCUT2D eigenvalue weighted by atomic mass is 9.88. The van der Waals surface area contributed by atoms with E-state index < -0.39 is 5.97 Å². The number of thiophene rings is 2. The van der Waals surface area contributed by atoms with E-state index in [0.29, 0.717) is 10.6 Å². The summed E-state index contributed by atoms with van der Waals surface area (Å²) in [6, 6.07) is 0. The zero-order valence-corrected chi connectivity index (χ0v) is 23.3. The van der Waals surface area contributed by atoms with Gasteiger partial charge in [-0.1, -0.05) is 25.6 Å². The monoisotopic (exact) mass is 532 g/mol. The molecule has 3 aromatic heterocycles. The van der Waals surface area contributed by atoms with E-state index in [1.54, 1.807) is 6.92 Å². The molecule has 1 amide bonds. The Hall–Kier alpha value is -2.17. The average Bonchev–Trinajstić information content (AvgIpc) is 3.48. The minimum absolute atomic E-state index is 0.180. The normalized spacial score (nSPS) is 15.2. The van der Waals surface area contributed by atoms with Crippen LogP contribution in [0.15, 0.2) is 10.5 Å². The highest BCUT2D eigenvalue weighted by Crippen LogP contribution is 2.38. The first-order valence-corrected chi connectivity index (χ1v) is 14.7. The predicted octanol–water partition coefficient (Wildman–Crippen LogP) is 6.13. The highest BCUT2D eigenvalue weighted by molar-refractivity contribution is 7.99. The molecule has 0 aromatic carbocycles. The Labute approximate surface area is 218 Å². The molecule has 35 heavy (non-hydrogen) atoms. The number of nitrogens with zero attached hydrogens (tertiary/aromatic N) is 3. The van der Waals surface area contributed by atoms with Crippen molar-refractivity contribution >= 4 is 51.3 Å². The first kappa shape index (κ1) is 25.9. The lowest BCUT2D eigenvalue weighted by molar-refractivity contribution is -0.113. The Morgan fingerprint density at radius 1 is 1.29 bits per heavy atom. The zero-order chi connectivity index (χ0) is 25.1. The van der Waals surface area contributed by atoms with Crippen molar-refractivity contribution in [3.05, 3.63) is 31.8 Å². The molecule has 3 heterocycles. The maximum atomic E-state index is 12.8. The molecule has 1 aliphatic rings. The second-order valence-corrected chi connectivity index (χ2v) is 12.0. The number of nitrogens with one attached hydrogen (secondary N) is 1. The van der Waals surface area contributed by atoms with Crippen LogP contribution in [-0.4, -0.2) is 39.0 Å². The summed E-state index contributed by atoms with van der Waals surface area (Å²) in [5.41, 5.74) is 3.90. The Morgan fingerprint density at radius 3 is 2.83 bits per heavy atom. The van der Waals surface area contributed by atoms with Crippen LogP contribution in [0.3, 0.4) is 0 Å². The quantitative estimate of drug-likeness (QED) is 0.264. The van der Waals surface area contributed by atoms with Crippen molar-refractivity contribution < 1.29 is 14.3 Å². The number of hydrogen-bond donors (Lipinski definition) is 1. The number of carbonyl (C=O) groups excluding carboxylic acids is 2. The summed E-state index contributed by atoms with van der Waals surface area (Å²) >= 11 is 4.60. The molecule has 0 aliphatic heterocycles. The second kappa shape index (κ2) is 11.3. The molecule has 0 spiro atoms. The Kier molecular flexibility index (Phi) is 8.34. The number of aromatic nitrogens is 3. The highest BCUT2D eigenvalue weighted by atomic mass is 32.2. The zero-order valence-electron chi connectivity index (χ0n) is 20.9. The highest BCUT2D eigenvalue weighted by Gasteiger charge is 2.25. The molecule has 7 nitrogen and oxygen atoms in total. The Bertz CT molecular complexity index is 1230. The first-order valence-electron chi connectivity index (χ1n) is 12.1. The van der Waals surface area contributed by atoms with Gasteiger partial charge in [0.2, 0.25) is 5.91 Å². The van der Waals surface area contributed by atoms with Crippen LogP contribution in [0.25, 0.3) is 11.4 Å². The van der Waals surface area contributed by atoms with Crippen molar-refractivity contribution in [3.8, 4) is 11.4 Å². The largest absolute Gasteiger partial charge is 0.462 e. The number of esters is 1. The first-order chi connectivity index (χ1) is 16.8. The number of rotatable bonds is 9. The van der Waals surface area contributed by atoms with E-state index in [2.05, 4.69) is 39.3 Å². The van der Waals surface area contributed by atoms with E-state index in [0.717, 1.165) is 53.1 Å². The van der Waals surface area contributed by atoms with Crippen LogP contribution in [0.2, 0.25) is 0 Å². The SMILES string of the molecule is CCCn1c(SCC(=O)Nc2sc(C)c(C)c2C(=O)OCC)nnc1-c1csc2c1CCC(C)C2. The van der Waals surface area contributed by atoms with Crippen LogP contribution in [0, 0.1) is 19.8 Å². The molecule has 1 unspecified atom stereocenters. The average molecular weight is 533 g/mol. The fraction of sp³-hybridized carbons (Fsp3) is 0.520. The fourth-order valence-corrected chi connectivity index (χ4v) is 7.41. The summed E-state index contributed by atoms with van der Waals surface area (Å²) in [7, 11) is 0. The molecule has 0 fully saturated rings. The van der Waals surface area contributed by atoms with Crippen LogP contribution in [0.1, 0.15) is 64.9 Å². The molecule has 0 saturated carbocycles. The minimum atomic E-state index is -0.405. The lowest BCUT2D eigenvalue weighted by Gasteiger charge is -2.19. The van der Waals surface area contributed by atoms with Gasteiger partial charge in [0.05, 0.1) is 17.9 Å². The van der Waals surface area contributed by atoms with Gasteiger partial charge in [-0.05, 0) is 63.5 Å². The van der Waals surface area contributed by atoms with Gasteiger partial charge in [-0.3, -0.25) is 4.79 Å². The number of amides is 1. The standard InChI is InChI=1S/C25H32N4O3S3/c1-6-10-29-22(18-12-33-19-11-14(3)8-9-17(18)19)27-28-25(29)34-13-20(30)26-23-21(24(31)32-7-2)15(4)16(5)35-23/h12,14H,6-11,13H2,1-5H3,(H,26,30). The summed E-state index contributed by atoms with van der Waals surface area (Å²) in [4.78, 5) is 27.7. The van der Waals surface area contributed by atoms with E-state index in [1.165, 1.54) is 45.5 Å². The molecule has 1 N–H and O–H groups in total. The van der Waals surface area contributed by atoms with Crippen molar-refractivity contribution in [2.24, 2.45) is 5.92 Å². The Balaban J connectivity index is 1.50. The number of anilines is 1. The number of thioether (sulfide) groups is 1. The summed E-state index contributed by atoms with van der Waals surface area (Å²) in [5, 5.41) is 15.4. The molecule has 0 bridgehead atoms. The Morgan fingerprint density at radius 2 is 2.09 bits per heavy atom. The molecule has 0 saturated heterocycles. The van der Waals surface area contributed by atoms with Gasteiger partial charge in [-0.15, -0.1) is 32.9 Å². The molecular formula is C25H32N4O3S3. The molecule has 3 aromatic rings. The summed E-state index contributed by atoms with van der Waals surface area (Å²) in [6.07, 6.45) is 4.38. The third kappa shape index (κ3) is 5.49. The fourth-order valence-electron chi connectivity index (χ4n) is 4.34. The van der Waals surface area contributed by atoms with Crippen molar-refractivity contribution in [2.45, 2.75) is 72.0 Å². The van der Waals surface area contributed by atoms with E-state index >= 15 is 0 Å². The topological polar surface area (TPSA) is 86.1 Å². The molecule has 1 atom stereocenters. The van der Waals surface area contributed by atoms with Gasteiger partial charge < -0.3 is 14.6 Å². The van der Waals surface area contributed by atoms with E-state index in [4.69, 9.17) is 4.74 Å². The number of ether oxygens (including phenoxy) is 1. The van der Waals surface area contributed by atoms with Crippen molar-refractivity contribution in [1.29, 1.82) is 0 Å². The maximum absolute atomic E-state index is 12.8. The van der Waals surface area contributed by atoms with Crippen LogP contribution < -0.4 is 5.32 Å². The van der Waals surface area contributed by atoms with Crippen LogP contribution in [0.5, 0.6) is 0 Å². The van der Waals surface area contributed by atoms with E-state index in [-0.39, 0.29) is 18.3 Å². The van der Waals surface area contributed by atoms with Crippen LogP contribution in [-0.2, 0) is 28.9 Å². The van der Waals surface area contributed by atoms with Gasteiger partial charge in [-0.2, -0.15) is 0 Å². The van der Waals surface area contributed by atoms with Gasteiger partial charge in [-0.25, -0.2) is 4.79 Å². The lowest BCUT2D eigenvalue weighted by Crippen LogP contribution is -2.17. The summed E-state index contributed by atoms with van der Waals surface area (Å²) in [6.45, 7) is 11.1. The van der Waals surface area contributed by atoms with Gasteiger partial charge in [0.25, 0.3) is 0 Å². The van der Waals surface area contributed by atoms with Gasteiger partial charge >= 0.3 is 5.97 Å². The van der Waals surface area contributed by atoms with Gasteiger partial charge in [0.15, 0.2) is 11.0 Å². The number of fused-ring (bicyclic) bond motifs is 1. The molecule has 0 radical (unpaired) electrons. The van der Waals surface area contributed by atoms with Crippen molar-refractivity contribution in [1.82, 2.24) is 14.8 Å². The third-order valence-corrected chi connectivity index (χ3v) is 9.40. The summed E-state index contributed by atoms with van der Waals surface area (Å²) in [5.74, 6) is 1.22. The molecule has 188 valence electrons. The minimum Gasteiger partial charge on any atom is -0.462 e. The maximum Gasteiger partial charge on any atom is 0.341 e. The van der Waals surface area contributed by atoms with Gasteiger partial charge in [0.1, 0.15) is 5.00 Å². The van der Waals surface area contributed by atoms with E-state index in [9.17, 15) is 9.59 Å². The third-order valence-electron chi connectivity index (χ3n) is 6.26. The van der Waals surface area contributed by atoms with Crippen molar-refractivity contribution in [3.63, 3.8) is 0 Å².